The summed E-state index contributed by atoms with van der Waals surface area (Å²) in [4.78, 5) is 18.5. The summed E-state index contributed by atoms with van der Waals surface area (Å²) in [6.45, 7) is 2.48. The van der Waals surface area contributed by atoms with E-state index in [2.05, 4.69) is 4.98 Å². The van der Waals surface area contributed by atoms with Gasteiger partial charge in [0, 0.05) is 28.8 Å². The summed E-state index contributed by atoms with van der Waals surface area (Å²) in [6.07, 6.45) is 1.97. The van der Waals surface area contributed by atoms with Crippen molar-refractivity contribution in [2.75, 3.05) is 6.54 Å². The summed E-state index contributed by atoms with van der Waals surface area (Å²) in [5.74, 6) is -0.425. The largest absolute Gasteiger partial charge is 0.465 e. The first-order chi connectivity index (χ1) is 9.99. The van der Waals surface area contributed by atoms with Crippen LogP contribution < -0.4 is 0 Å². The lowest BCUT2D eigenvalue weighted by atomic mass is 9.89. The molecule has 1 saturated heterocycles. The van der Waals surface area contributed by atoms with Crippen LogP contribution >= 0.6 is 22.9 Å². The molecule has 1 aliphatic heterocycles. The van der Waals surface area contributed by atoms with E-state index >= 15 is 0 Å². The third-order valence-electron chi connectivity index (χ3n) is 4.07. The predicted octanol–water partition coefficient (Wildman–Crippen LogP) is 4.33. The van der Waals surface area contributed by atoms with Gasteiger partial charge in [0.05, 0.1) is 11.2 Å². The Balaban J connectivity index is 2.00. The van der Waals surface area contributed by atoms with Gasteiger partial charge in [-0.15, -0.1) is 11.3 Å². The number of carbonyl (C=O) groups is 1. The summed E-state index contributed by atoms with van der Waals surface area (Å²) >= 11 is 7.44. The van der Waals surface area contributed by atoms with Gasteiger partial charge in [-0.3, -0.25) is 0 Å². The Labute approximate surface area is 130 Å². The molecular formula is C14H14ClFN2O2S. The van der Waals surface area contributed by atoms with Gasteiger partial charge in [0.15, 0.2) is 5.82 Å². The van der Waals surface area contributed by atoms with Gasteiger partial charge in [-0.2, -0.15) is 0 Å². The van der Waals surface area contributed by atoms with Gasteiger partial charge in [0.25, 0.3) is 0 Å². The zero-order chi connectivity index (χ0) is 15.1. The lowest BCUT2D eigenvalue weighted by Crippen LogP contribution is -2.45. The quantitative estimate of drug-likeness (QED) is 0.847. The van der Waals surface area contributed by atoms with Gasteiger partial charge in [0.2, 0.25) is 0 Å². The third-order valence-corrected chi connectivity index (χ3v) is 5.63. The first-order valence-electron chi connectivity index (χ1n) is 6.72. The Hall–Kier alpha value is -1.40. The number of nitrogens with zero attached hydrogens (tertiary/aromatic N) is 2. The van der Waals surface area contributed by atoms with Gasteiger partial charge in [-0.05, 0) is 25.8 Å². The molecule has 2 unspecified atom stereocenters. The first-order valence-corrected chi connectivity index (χ1v) is 7.91. The van der Waals surface area contributed by atoms with Crippen LogP contribution in [-0.4, -0.2) is 33.7 Å². The maximum Gasteiger partial charge on any atom is 0.407 e. The van der Waals surface area contributed by atoms with Crippen LogP contribution in [0.25, 0.3) is 10.2 Å². The Morgan fingerprint density at radius 3 is 3.10 bits per heavy atom. The highest BCUT2D eigenvalue weighted by molar-refractivity contribution is 7.18. The normalized spacial score (nSPS) is 22.7. The molecule has 0 bridgehead atoms. The van der Waals surface area contributed by atoms with Crippen LogP contribution in [0.4, 0.5) is 9.18 Å². The fourth-order valence-electron chi connectivity index (χ4n) is 2.93. The molecule has 21 heavy (non-hydrogen) atoms. The fourth-order valence-corrected chi connectivity index (χ4v) is 4.42. The van der Waals surface area contributed by atoms with Crippen LogP contribution in [-0.2, 0) is 0 Å². The molecule has 0 saturated carbocycles. The van der Waals surface area contributed by atoms with E-state index in [-0.39, 0.29) is 17.0 Å². The molecule has 0 aliphatic carbocycles. The standard InChI is InChI=1S/C14H14ClFN2O2S/c1-7-8(3-2-4-18(7)14(19)20)11-5-9-12(15)10(16)6-17-13(9)21-11/h5-8H,2-4H2,1H3,(H,19,20). The highest BCUT2D eigenvalue weighted by atomic mass is 35.5. The van der Waals surface area contributed by atoms with Crippen molar-refractivity contribution in [3.63, 3.8) is 0 Å². The van der Waals surface area contributed by atoms with Crippen LogP contribution in [0.2, 0.25) is 5.02 Å². The lowest BCUT2D eigenvalue weighted by Gasteiger charge is -2.37. The minimum absolute atomic E-state index is 0.0843. The Bertz CT molecular complexity index is 706. The molecule has 1 amide bonds. The second-order valence-electron chi connectivity index (χ2n) is 5.25. The van der Waals surface area contributed by atoms with Crippen LogP contribution in [0.1, 0.15) is 30.6 Å². The lowest BCUT2D eigenvalue weighted by molar-refractivity contribution is 0.104. The zero-order valence-corrected chi connectivity index (χ0v) is 12.9. The van der Waals surface area contributed by atoms with Crippen molar-refractivity contribution in [2.24, 2.45) is 0 Å². The summed E-state index contributed by atoms with van der Waals surface area (Å²) in [5.41, 5.74) is 0. The molecule has 2 atom stereocenters. The van der Waals surface area contributed by atoms with Crippen LogP contribution in [0.5, 0.6) is 0 Å². The minimum Gasteiger partial charge on any atom is -0.465 e. The van der Waals surface area contributed by atoms with E-state index in [0.717, 1.165) is 23.9 Å². The molecule has 1 aliphatic rings. The van der Waals surface area contributed by atoms with E-state index in [1.807, 2.05) is 13.0 Å². The van der Waals surface area contributed by atoms with Crippen molar-refractivity contribution in [1.29, 1.82) is 0 Å². The van der Waals surface area contributed by atoms with Gasteiger partial charge < -0.3 is 10.0 Å². The number of halogens is 2. The number of hydrogen-bond acceptors (Lipinski definition) is 3. The van der Waals surface area contributed by atoms with E-state index in [1.165, 1.54) is 16.2 Å². The maximum atomic E-state index is 13.5. The molecule has 1 N–H and O–H groups in total. The van der Waals surface area contributed by atoms with Gasteiger partial charge in [-0.25, -0.2) is 14.2 Å². The van der Waals surface area contributed by atoms with E-state index in [0.29, 0.717) is 16.8 Å². The summed E-state index contributed by atoms with van der Waals surface area (Å²) < 4.78 is 13.5. The van der Waals surface area contributed by atoms with Crippen molar-refractivity contribution in [3.05, 3.63) is 28.0 Å². The maximum absolute atomic E-state index is 13.5. The summed E-state index contributed by atoms with van der Waals surface area (Å²) in [7, 11) is 0. The van der Waals surface area contributed by atoms with Crippen molar-refractivity contribution in [2.45, 2.75) is 31.7 Å². The van der Waals surface area contributed by atoms with E-state index in [9.17, 15) is 14.3 Å². The average molecular weight is 329 g/mol. The Morgan fingerprint density at radius 1 is 1.62 bits per heavy atom. The molecule has 3 rings (SSSR count). The van der Waals surface area contributed by atoms with Crippen molar-refractivity contribution in [3.8, 4) is 0 Å². The smallest absolute Gasteiger partial charge is 0.407 e. The molecule has 112 valence electrons. The molecule has 0 spiro atoms. The van der Waals surface area contributed by atoms with Crippen LogP contribution in [0, 0.1) is 5.82 Å². The first kappa shape index (κ1) is 14.5. The molecule has 3 heterocycles. The highest BCUT2D eigenvalue weighted by Crippen LogP contribution is 2.40. The van der Waals surface area contributed by atoms with E-state index in [4.69, 9.17) is 11.6 Å². The van der Waals surface area contributed by atoms with Crippen molar-refractivity contribution < 1.29 is 14.3 Å². The van der Waals surface area contributed by atoms with Crippen molar-refractivity contribution in [1.82, 2.24) is 9.88 Å². The Morgan fingerprint density at radius 2 is 2.38 bits per heavy atom. The third kappa shape index (κ3) is 2.46. The molecule has 2 aromatic heterocycles. The average Bonchev–Trinajstić information content (AvgIpc) is 2.87. The number of aromatic nitrogens is 1. The number of pyridine rings is 1. The second kappa shape index (κ2) is 5.42. The number of fused-ring (bicyclic) bond motifs is 1. The number of piperidine rings is 1. The highest BCUT2D eigenvalue weighted by Gasteiger charge is 2.33. The van der Waals surface area contributed by atoms with E-state index < -0.39 is 11.9 Å². The van der Waals surface area contributed by atoms with E-state index in [1.54, 1.807) is 0 Å². The minimum atomic E-state index is -0.893. The number of amides is 1. The van der Waals surface area contributed by atoms with Crippen molar-refractivity contribution >= 4 is 39.2 Å². The second-order valence-corrected chi connectivity index (χ2v) is 6.69. The van der Waals surface area contributed by atoms with Crippen LogP contribution in [0.3, 0.4) is 0 Å². The topological polar surface area (TPSA) is 53.4 Å². The number of carboxylic acid groups (broad SMARTS) is 1. The molecule has 4 nitrogen and oxygen atoms in total. The SMILES string of the molecule is CC1C(c2cc3c(Cl)c(F)cnc3s2)CCCN1C(=O)O. The number of thiophene rings is 1. The number of hydrogen-bond donors (Lipinski definition) is 1. The van der Waals surface area contributed by atoms with Gasteiger partial charge >= 0.3 is 6.09 Å². The summed E-state index contributed by atoms with van der Waals surface area (Å²) in [6, 6.07) is 1.75. The monoisotopic (exact) mass is 328 g/mol. The number of likely N-dealkylation sites (tertiary alicyclic amines) is 1. The zero-order valence-electron chi connectivity index (χ0n) is 11.3. The summed E-state index contributed by atoms with van der Waals surface area (Å²) in [5, 5.41) is 9.93. The fraction of sp³-hybridized carbons (Fsp3) is 0.429. The molecular weight excluding hydrogens is 315 g/mol. The number of rotatable bonds is 1. The van der Waals surface area contributed by atoms with Gasteiger partial charge in [-0.1, -0.05) is 11.6 Å². The Kier molecular flexibility index (Phi) is 3.75. The predicted molar refractivity (Wildman–Crippen MR) is 80.8 cm³/mol. The molecule has 0 radical (unpaired) electrons. The molecule has 2 aromatic rings. The molecule has 1 fully saturated rings. The van der Waals surface area contributed by atoms with Crippen LogP contribution in [0.15, 0.2) is 12.3 Å². The molecule has 7 heteroatoms. The van der Waals surface area contributed by atoms with Gasteiger partial charge in [0.1, 0.15) is 4.83 Å². The molecule has 0 aromatic carbocycles.